The number of hydrogen-bond acceptors (Lipinski definition) is 2. The molecule has 2 bridgehead atoms. The van der Waals surface area contributed by atoms with Crippen molar-refractivity contribution in [3.05, 3.63) is 35.8 Å². The van der Waals surface area contributed by atoms with Crippen molar-refractivity contribution in [3.63, 3.8) is 0 Å². The first kappa shape index (κ1) is 8.04. The van der Waals surface area contributed by atoms with Gasteiger partial charge in [0, 0.05) is 31.2 Å². The molecule has 3 rings (SSSR count). The largest absolute Gasteiger partial charge is 0.374 e. The molecule has 1 aromatic heterocycles. The van der Waals surface area contributed by atoms with E-state index in [9.17, 15) is 0 Å². The van der Waals surface area contributed by atoms with Gasteiger partial charge in [0.05, 0.1) is 0 Å². The molecule has 3 heterocycles. The first-order chi connectivity index (χ1) is 6.92. The molecule has 2 nitrogen and oxygen atoms in total. The second-order valence-corrected chi connectivity index (χ2v) is 4.23. The van der Waals surface area contributed by atoms with Gasteiger partial charge < -0.3 is 4.90 Å². The van der Waals surface area contributed by atoms with Crippen molar-refractivity contribution in [3.8, 4) is 0 Å². The summed E-state index contributed by atoms with van der Waals surface area (Å²) in [6.07, 6.45) is 8.70. The summed E-state index contributed by atoms with van der Waals surface area (Å²) in [6, 6.07) is 4.11. The zero-order valence-corrected chi connectivity index (χ0v) is 8.19. The SMILES string of the molecule is C(=C1CC2CCN1C2)c1cccnc1. The molecule has 0 aromatic carbocycles. The maximum atomic E-state index is 4.13. The van der Waals surface area contributed by atoms with Gasteiger partial charge in [-0.15, -0.1) is 0 Å². The Hall–Kier alpha value is -1.31. The standard InChI is InChI=1S/C12H14N2/c1-2-10(8-13-4-1)6-12-7-11-3-5-14(12)9-11/h1-2,4,6,8,11H,3,5,7,9H2. The van der Waals surface area contributed by atoms with Crippen LogP contribution in [-0.2, 0) is 0 Å². The topological polar surface area (TPSA) is 16.1 Å². The lowest BCUT2D eigenvalue weighted by atomic mass is 10.0. The number of pyridine rings is 1. The van der Waals surface area contributed by atoms with Crippen LogP contribution in [0.25, 0.3) is 6.08 Å². The van der Waals surface area contributed by atoms with E-state index < -0.39 is 0 Å². The Morgan fingerprint density at radius 1 is 1.50 bits per heavy atom. The molecule has 0 amide bonds. The van der Waals surface area contributed by atoms with E-state index in [-0.39, 0.29) is 0 Å². The number of hydrogen-bond donors (Lipinski definition) is 0. The quantitative estimate of drug-likeness (QED) is 0.668. The third-order valence-electron chi connectivity index (χ3n) is 3.21. The number of aromatic nitrogens is 1. The van der Waals surface area contributed by atoms with E-state index in [2.05, 4.69) is 22.0 Å². The van der Waals surface area contributed by atoms with Gasteiger partial charge in [-0.3, -0.25) is 4.98 Å². The Morgan fingerprint density at radius 2 is 2.50 bits per heavy atom. The molecule has 1 atom stereocenters. The van der Waals surface area contributed by atoms with Crippen LogP contribution in [-0.4, -0.2) is 23.0 Å². The fourth-order valence-electron chi connectivity index (χ4n) is 2.49. The van der Waals surface area contributed by atoms with E-state index >= 15 is 0 Å². The van der Waals surface area contributed by atoms with Crippen LogP contribution in [0, 0.1) is 5.92 Å². The second kappa shape index (κ2) is 3.12. The average molecular weight is 186 g/mol. The zero-order valence-electron chi connectivity index (χ0n) is 8.19. The monoisotopic (exact) mass is 186 g/mol. The summed E-state index contributed by atoms with van der Waals surface area (Å²) >= 11 is 0. The Bertz CT molecular complexity index is 356. The number of piperidine rings is 1. The summed E-state index contributed by atoms with van der Waals surface area (Å²) in [4.78, 5) is 6.64. The van der Waals surface area contributed by atoms with Crippen LogP contribution in [0.5, 0.6) is 0 Å². The number of rotatable bonds is 1. The van der Waals surface area contributed by atoms with Crippen LogP contribution in [0.4, 0.5) is 0 Å². The molecule has 2 heteroatoms. The maximum absolute atomic E-state index is 4.13. The van der Waals surface area contributed by atoms with Gasteiger partial charge in [0.15, 0.2) is 0 Å². The minimum Gasteiger partial charge on any atom is -0.374 e. The third kappa shape index (κ3) is 1.31. The molecular formula is C12H14N2. The predicted molar refractivity (Wildman–Crippen MR) is 56.5 cm³/mol. The predicted octanol–water partition coefficient (Wildman–Crippen LogP) is 2.15. The minimum absolute atomic E-state index is 0.929. The highest BCUT2D eigenvalue weighted by Crippen LogP contribution is 2.36. The Balaban J connectivity index is 1.86. The van der Waals surface area contributed by atoms with Crippen molar-refractivity contribution in [2.24, 2.45) is 5.92 Å². The summed E-state index contributed by atoms with van der Waals surface area (Å²) < 4.78 is 0. The molecule has 2 fully saturated rings. The molecule has 1 unspecified atom stereocenters. The number of allylic oxidation sites excluding steroid dienone is 1. The van der Waals surface area contributed by atoms with Gasteiger partial charge >= 0.3 is 0 Å². The first-order valence-corrected chi connectivity index (χ1v) is 5.27. The molecule has 72 valence electrons. The van der Waals surface area contributed by atoms with E-state index in [1.807, 2.05) is 18.5 Å². The smallest absolute Gasteiger partial charge is 0.0340 e. The van der Waals surface area contributed by atoms with Crippen molar-refractivity contribution in [1.82, 2.24) is 9.88 Å². The van der Waals surface area contributed by atoms with Crippen molar-refractivity contribution in [2.45, 2.75) is 12.8 Å². The van der Waals surface area contributed by atoms with E-state index in [1.165, 1.54) is 37.2 Å². The normalized spacial score (nSPS) is 27.6. The van der Waals surface area contributed by atoms with Gasteiger partial charge in [0.1, 0.15) is 0 Å². The molecule has 0 spiro atoms. The Kier molecular flexibility index (Phi) is 1.79. The van der Waals surface area contributed by atoms with E-state index in [0.29, 0.717) is 0 Å². The zero-order chi connectivity index (χ0) is 9.38. The molecule has 0 radical (unpaired) electrons. The highest BCUT2D eigenvalue weighted by atomic mass is 15.2. The fraction of sp³-hybridized carbons (Fsp3) is 0.417. The molecule has 2 saturated heterocycles. The molecule has 0 N–H and O–H groups in total. The number of fused-ring (bicyclic) bond motifs is 2. The van der Waals surface area contributed by atoms with Gasteiger partial charge in [-0.1, -0.05) is 6.07 Å². The van der Waals surface area contributed by atoms with Gasteiger partial charge in [-0.2, -0.15) is 0 Å². The lowest BCUT2D eigenvalue weighted by molar-refractivity contribution is 0.445. The molecule has 2 aliphatic heterocycles. The summed E-state index contributed by atoms with van der Waals surface area (Å²) in [6.45, 7) is 2.54. The molecule has 0 aliphatic carbocycles. The summed E-state index contributed by atoms with van der Waals surface area (Å²) in [5.41, 5.74) is 2.74. The molecule has 1 aromatic rings. The fourth-order valence-corrected chi connectivity index (χ4v) is 2.49. The van der Waals surface area contributed by atoms with Crippen molar-refractivity contribution in [2.75, 3.05) is 13.1 Å². The van der Waals surface area contributed by atoms with Gasteiger partial charge in [0.25, 0.3) is 0 Å². The lowest BCUT2D eigenvalue weighted by Gasteiger charge is -2.18. The van der Waals surface area contributed by atoms with Crippen molar-refractivity contribution < 1.29 is 0 Å². The van der Waals surface area contributed by atoms with Gasteiger partial charge in [-0.25, -0.2) is 0 Å². The highest BCUT2D eigenvalue weighted by molar-refractivity contribution is 5.52. The molecule has 0 saturated carbocycles. The highest BCUT2D eigenvalue weighted by Gasteiger charge is 2.32. The van der Waals surface area contributed by atoms with Crippen LogP contribution in [0.15, 0.2) is 30.2 Å². The Morgan fingerprint density at radius 3 is 3.14 bits per heavy atom. The molecular weight excluding hydrogens is 172 g/mol. The first-order valence-electron chi connectivity index (χ1n) is 5.27. The van der Waals surface area contributed by atoms with Crippen molar-refractivity contribution >= 4 is 6.08 Å². The summed E-state index contributed by atoms with van der Waals surface area (Å²) in [5, 5.41) is 0. The summed E-state index contributed by atoms with van der Waals surface area (Å²) in [7, 11) is 0. The van der Waals surface area contributed by atoms with Crippen LogP contribution < -0.4 is 0 Å². The van der Waals surface area contributed by atoms with Crippen LogP contribution in [0.1, 0.15) is 18.4 Å². The van der Waals surface area contributed by atoms with Crippen LogP contribution in [0.3, 0.4) is 0 Å². The van der Waals surface area contributed by atoms with Crippen LogP contribution in [0.2, 0.25) is 0 Å². The minimum atomic E-state index is 0.929. The van der Waals surface area contributed by atoms with Crippen molar-refractivity contribution in [1.29, 1.82) is 0 Å². The second-order valence-electron chi connectivity index (χ2n) is 4.23. The van der Waals surface area contributed by atoms with E-state index in [1.54, 1.807) is 0 Å². The molecule has 14 heavy (non-hydrogen) atoms. The summed E-state index contributed by atoms with van der Waals surface area (Å²) in [5.74, 6) is 0.929. The number of nitrogens with zero attached hydrogens (tertiary/aromatic N) is 2. The van der Waals surface area contributed by atoms with Gasteiger partial charge in [-0.05, 0) is 36.5 Å². The van der Waals surface area contributed by atoms with Crippen LogP contribution >= 0.6 is 0 Å². The van der Waals surface area contributed by atoms with E-state index in [4.69, 9.17) is 0 Å². The average Bonchev–Trinajstić information content (AvgIpc) is 2.81. The third-order valence-corrected chi connectivity index (χ3v) is 3.21. The van der Waals surface area contributed by atoms with E-state index in [0.717, 1.165) is 5.92 Å². The molecule has 2 aliphatic rings. The maximum Gasteiger partial charge on any atom is 0.0340 e. The Labute approximate surface area is 84.3 Å². The lowest BCUT2D eigenvalue weighted by Crippen LogP contribution is -2.14. The van der Waals surface area contributed by atoms with Gasteiger partial charge in [0.2, 0.25) is 0 Å².